The monoisotopic (exact) mass is 334 g/mol. The summed E-state index contributed by atoms with van der Waals surface area (Å²) < 4.78 is 5.27. The molecule has 5 nitrogen and oxygen atoms in total. The van der Waals surface area contributed by atoms with Crippen LogP contribution >= 0.6 is 0 Å². The number of carbonyl (C=O) groups excluding carboxylic acids is 1. The maximum atomic E-state index is 12.9. The van der Waals surface area contributed by atoms with Gasteiger partial charge in [0.15, 0.2) is 0 Å². The van der Waals surface area contributed by atoms with Crippen LogP contribution in [-0.2, 0) is 13.0 Å². The van der Waals surface area contributed by atoms with Crippen molar-refractivity contribution < 1.29 is 9.53 Å². The first-order valence-corrected chi connectivity index (χ1v) is 8.23. The Hall–Kier alpha value is -3.08. The van der Waals surface area contributed by atoms with Gasteiger partial charge in [-0.3, -0.25) is 9.59 Å². The number of fused-ring (bicyclic) bond motifs is 2. The zero-order valence-corrected chi connectivity index (χ0v) is 13.9. The maximum Gasteiger partial charge on any atom is 0.270 e. The number of ether oxygens (including phenoxy) is 1. The van der Waals surface area contributed by atoms with Crippen molar-refractivity contribution in [1.29, 1.82) is 0 Å². The van der Waals surface area contributed by atoms with E-state index in [-0.39, 0.29) is 11.5 Å². The van der Waals surface area contributed by atoms with E-state index in [0.717, 1.165) is 23.1 Å². The molecule has 1 amide bonds. The van der Waals surface area contributed by atoms with Crippen LogP contribution in [0.3, 0.4) is 0 Å². The van der Waals surface area contributed by atoms with Gasteiger partial charge in [-0.1, -0.05) is 24.3 Å². The number of hydrogen-bond acceptors (Lipinski definition) is 3. The highest BCUT2D eigenvalue weighted by atomic mass is 16.5. The molecule has 1 aliphatic rings. The molecule has 1 aliphatic heterocycles. The lowest BCUT2D eigenvalue weighted by Gasteiger charge is -2.29. The second-order valence-electron chi connectivity index (χ2n) is 6.21. The number of carbonyl (C=O) groups is 1. The first kappa shape index (κ1) is 15.4. The summed E-state index contributed by atoms with van der Waals surface area (Å²) in [6.07, 6.45) is 0.795. The zero-order valence-electron chi connectivity index (χ0n) is 13.9. The summed E-state index contributed by atoms with van der Waals surface area (Å²) in [6, 6.07) is 15.0. The van der Waals surface area contributed by atoms with E-state index in [1.165, 1.54) is 5.56 Å². The molecule has 0 fully saturated rings. The fourth-order valence-corrected chi connectivity index (χ4v) is 3.33. The molecule has 0 atom stereocenters. The molecule has 0 unspecified atom stereocenters. The standard InChI is InChI=1S/C20H18N2O3/c1-25-16-7-6-13-8-9-22(12-15(13)10-16)20(24)18-11-14-4-2-3-5-17(14)19(23)21-18/h2-7,10-11H,8-9,12H2,1H3,(H,21,23). The van der Waals surface area contributed by atoms with Crippen molar-refractivity contribution in [3.05, 3.63) is 75.7 Å². The van der Waals surface area contributed by atoms with Gasteiger partial charge in [0.1, 0.15) is 11.4 Å². The topological polar surface area (TPSA) is 62.4 Å². The van der Waals surface area contributed by atoms with E-state index in [4.69, 9.17) is 4.74 Å². The van der Waals surface area contributed by atoms with Gasteiger partial charge >= 0.3 is 0 Å². The molecule has 2 aromatic carbocycles. The van der Waals surface area contributed by atoms with Gasteiger partial charge in [0.05, 0.1) is 7.11 Å². The second-order valence-corrected chi connectivity index (χ2v) is 6.21. The summed E-state index contributed by atoms with van der Waals surface area (Å²) in [4.78, 5) is 29.6. The van der Waals surface area contributed by atoms with Crippen LogP contribution in [-0.4, -0.2) is 29.4 Å². The predicted octanol–water partition coefficient (Wildman–Crippen LogP) is 2.74. The number of benzene rings is 2. The molecule has 1 N–H and O–H groups in total. The third kappa shape index (κ3) is 2.78. The number of methoxy groups -OCH3 is 1. The third-order valence-electron chi connectivity index (χ3n) is 4.70. The third-order valence-corrected chi connectivity index (χ3v) is 4.70. The van der Waals surface area contributed by atoms with E-state index in [2.05, 4.69) is 4.98 Å². The highest BCUT2D eigenvalue weighted by Crippen LogP contribution is 2.24. The molecule has 4 rings (SSSR count). The maximum absolute atomic E-state index is 12.9. The van der Waals surface area contributed by atoms with Crippen LogP contribution in [0.15, 0.2) is 53.3 Å². The Kier molecular flexibility index (Phi) is 3.76. The van der Waals surface area contributed by atoms with E-state index in [1.807, 2.05) is 36.4 Å². The van der Waals surface area contributed by atoms with Crippen molar-refractivity contribution in [2.75, 3.05) is 13.7 Å². The van der Waals surface area contributed by atoms with E-state index in [9.17, 15) is 9.59 Å². The van der Waals surface area contributed by atoms with Crippen molar-refractivity contribution in [3.63, 3.8) is 0 Å². The Morgan fingerprint density at radius 1 is 1.12 bits per heavy atom. The van der Waals surface area contributed by atoms with Crippen molar-refractivity contribution in [1.82, 2.24) is 9.88 Å². The molecule has 0 bridgehead atoms. The fourth-order valence-electron chi connectivity index (χ4n) is 3.33. The number of nitrogens with one attached hydrogen (secondary N) is 1. The molecular formula is C20H18N2O3. The lowest BCUT2D eigenvalue weighted by molar-refractivity contribution is 0.0728. The lowest BCUT2D eigenvalue weighted by atomic mass is 9.99. The number of pyridine rings is 1. The van der Waals surface area contributed by atoms with Crippen LogP contribution in [0.5, 0.6) is 5.75 Å². The first-order chi connectivity index (χ1) is 12.2. The van der Waals surface area contributed by atoms with Gasteiger partial charge in [-0.2, -0.15) is 0 Å². The number of amides is 1. The van der Waals surface area contributed by atoms with Crippen LogP contribution in [0.2, 0.25) is 0 Å². The van der Waals surface area contributed by atoms with Crippen LogP contribution in [0.25, 0.3) is 10.8 Å². The average Bonchev–Trinajstić information content (AvgIpc) is 2.66. The Morgan fingerprint density at radius 3 is 2.80 bits per heavy atom. The van der Waals surface area contributed by atoms with Crippen molar-refractivity contribution in [3.8, 4) is 5.75 Å². The number of aromatic amines is 1. The molecule has 0 radical (unpaired) electrons. The Balaban J connectivity index is 1.66. The number of rotatable bonds is 2. The fraction of sp³-hybridized carbons (Fsp3) is 0.200. The molecular weight excluding hydrogens is 316 g/mol. The Morgan fingerprint density at radius 2 is 1.96 bits per heavy atom. The molecule has 25 heavy (non-hydrogen) atoms. The molecule has 0 saturated heterocycles. The SMILES string of the molecule is COc1ccc2c(c1)CN(C(=O)c1cc3ccccc3c(=O)[nH]1)CC2. The summed E-state index contributed by atoms with van der Waals surface area (Å²) in [7, 11) is 1.63. The molecule has 0 spiro atoms. The van der Waals surface area contributed by atoms with Gasteiger partial charge in [-0.05, 0) is 47.2 Å². The van der Waals surface area contributed by atoms with Crippen LogP contribution in [0.1, 0.15) is 21.6 Å². The van der Waals surface area contributed by atoms with Crippen molar-refractivity contribution in [2.24, 2.45) is 0 Å². The summed E-state index contributed by atoms with van der Waals surface area (Å²) in [5, 5.41) is 1.36. The first-order valence-electron chi connectivity index (χ1n) is 8.23. The Labute approximate surface area is 144 Å². The van der Waals surface area contributed by atoms with Gasteiger partial charge < -0.3 is 14.6 Å². The number of H-pyrrole nitrogens is 1. The Bertz CT molecular complexity index is 1020. The van der Waals surface area contributed by atoms with Crippen molar-refractivity contribution in [2.45, 2.75) is 13.0 Å². The quantitative estimate of drug-likeness (QED) is 0.784. The number of aromatic nitrogens is 1. The van der Waals surface area contributed by atoms with E-state index in [1.54, 1.807) is 24.1 Å². The summed E-state index contributed by atoms with van der Waals surface area (Å²) in [5.41, 5.74) is 2.41. The molecule has 5 heteroatoms. The minimum Gasteiger partial charge on any atom is -0.497 e. The van der Waals surface area contributed by atoms with Crippen LogP contribution < -0.4 is 10.3 Å². The molecule has 1 aromatic heterocycles. The second kappa shape index (κ2) is 6.09. The molecule has 3 aromatic rings. The minimum atomic E-state index is -0.236. The number of hydrogen-bond donors (Lipinski definition) is 1. The molecule has 0 saturated carbocycles. The smallest absolute Gasteiger partial charge is 0.270 e. The number of nitrogens with zero attached hydrogens (tertiary/aromatic N) is 1. The van der Waals surface area contributed by atoms with Gasteiger partial charge in [0.25, 0.3) is 11.5 Å². The normalized spacial score (nSPS) is 13.6. The highest BCUT2D eigenvalue weighted by molar-refractivity contribution is 5.96. The molecule has 0 aliphatic carbocycles. The summed E-state index contributed by atoms with van der Waals surface area (Å²) in [6.45, 7) is 1.15. The molecule has 126 valence electrons. The average molecular weight is 334 g/mol. The zero-order chi connectivity index (χ0) is 17.4. The van der Waals surface area contributed by atoms with Gasteiger partial charge in [-0.25, -0.2) is 0 Å². The largest absolute Gasteiger partial charge is 0.497 e. The van der Waals surface area contributed by atoms with Crippen LogP contribution in [0, 0.1) is 0 Å². The van der Waals surface area contributed by atoms with Gasteiger partial charge in [0, 0.05) is 18.5 Å². The van der Waals surface area contributed by atoms with E-state index in [0.29, 0.717) is 24.2 Å². The lowest BCUT2D eigenvalue weighted by Crippen LogP contribution is -2.37. The predicted molar refractivity (Wildman–Crippen MR) is 96.0 cm³/mol. The highest BCUT2D eigenvalue weighted by Gasteiger charge is 2.23. The van der Waals surface area contributed by atoms with Crippen molar-refractivity contribution >= 4 is 16.7 Å². The summed E-state index contributed by atoms with van der Waals surface area (Å²) >= 11 is 0. The van der Waals surface area contributed by atoms with Gasteiger partial charge in [-0.15, -0.1) is 0 Å². The minimum absolute atomic E-state index is 0.156. The molecule has 2 heterocycles. The van der Waals surface area contributed by atoms with Gasteiger partial charge in [0.2, 0.25) is 0 Å². The van der Waals surface area contributed by atoms with Crippen LogP contribution in [0.4, 0.5) is 0 Å². The van der Waals surface area contributed by atoms with E-state index >= 15 is 0 Å². The van der Waals surface area contributed by atoms with E-state index < -0.39 is 0 Å². The summed E-state index contributed by atoms with van der Waals surface area (Å²) in [5.74, 6) is 0.628.